The van der Waals surface area contributed by atoms with Crippen molar-refractivity contribution in [3.8, 4) is 17.0 Å². The van der Waals surface area contributed by atoms with Crippen LogP contribution < -0.4 is 10.1 Å². The largest absolute Gasteiger partial charge is 0.497 e. The predicted octanol–water partition coefficient (Wildman–Crippen LogP) is 2.81. The Kier molecular flexibility index (Phi) is 3.89. The fourth-order valence-electron chi connectivity index (χ4n) is 2.01. The van der Waals surface area contributed by atoms with Crippen LogP contribution >= 0.6 is 0 Å². The van der Waals surface area contributed by atoms with Gasteiger partial charge in [-0.25, -0.2) is 9.78 Å². The average molecular weight is 272 g/mol. The molecule has 5 nitrogen and oxygen atoms in total. The van der Waals surface area contributed by atoms with Gasteiger partial charge in [0.15, 0.2) is 0 Å². The van der Waals surface area contributed by atoms with Gasteiger partial charge in [-0.3, -0.25) is 0 Å². The zero-order chi connectivity index (χ0) is 14.7. The summed E-state index contributed by atoms with van der Waals surface area (Å²) in [7, 11) is 3.27. The molecule has 0 amide bonds. The molecule has 2 aromatic rings. The normalized spacial score (nSPS) is 10.2. The monoisotopic (exact) mass is 272 g/mol. The van der Waals surface area contributed by atoms with Gasteiger partial charge in [0.1, 0.15) is 17.1 Å². The highest BCUT2D eigenvalue weighted by molar-refractivity contribution is 5.94. The zero-order valence-corrected chi connectivity index (χ0v) is 11.6. The number of aryl methyl sites for hydroxylation is 1. The lowest BCUT2D eigenvalue weighted by molar-refractivity contribution is 0.0697. The van der Waals surface area contributed by atoms with Crippen LogP contribution in [0.5, 0.6) is 5.75 Å². The van der Waals surface area contributed by atoms with Gasteiger partial charge in [0, 0.05) is 12.6 Å². The summed E-state index contributed by atoms with van der Waals surface area (Å²) >= 11 is 0. The fourth-order valence-corrected chi connectivity index (χ4v) is 2.01. The van der Waals surface area contributed by atoms with Crippen molar-refractivity contribution in [2.75, 3.05) is 19.5 Å². The second-order valence-corrected chi connectivity index (χ2v) is 4.33. The Labute approximate surface area is 117 Å². The first-order valence-electron chi connectivity index (χ1n) is 6.14. The Hall–Kier alpha value is -2.56. The number of aromatic carboxylic acids is 1. The van der Waals surface area contributed by atoms with Gasteiger partial charge in [0.25, 0.3) is 0 Å². The number of carbonyl (C=O) groups is 1. The number of carboxylic acids is 1. The minimum absolute atomic E-state index is 0.169. The molecule has 1 aromatic heterocycles. The van der Waals surface area contributed by atoms with Crippen LogP contribution in [0.1, 0.15) is 15.9 Å². The Morgan fingerprint density at radius 2 is 1.95 bits per heavy atom. The number of benzene rings is 1. The summed E-state index contributed by atoms with van der Waals surface area (Å²) in [6, 6.07) is 9.12. The Bertz CT molecular complexity index is 636. The van der Waals surface area contributed by atoms with E-state index in [0.717, 1.165) is 22.6 Å². The molecule has 0 atom stereocenters. The molecule has 5 heteroatoms. The lowest BCUT2D eigenvalue weighted by atomic mass is 10.0. The van der Waals surface area contributed by atoms with Gasteiger partial charge >= 0.3 is 5.97 Å². The third kappa shape index (κ3) is 2.56. The topological polar surface area (TPSA) is 71.5 Å². The third-order valence-corrected chi connectivity index (χ3v) is 3.04. The maximum Gasteiger partial charge on any atom is 0.339 e. The van der Waals surface area contributed by atoms with E-state index in [2.05, 4.69) is 10.3 Å². The number of nitrogens with one attached hydrogen (secondary N) is 1. The zero-order valence-electron chi connectivity index (χ0n) is 11.6. The van der Waals surface area contributed by atoms with Crippen LogP contribution in [-0.2, 0) is 0 Å². The first kappa shape index (κ1) is 13.9. The van der Waals surface area contributed by atoms with Crippen molar-refractivity contribution in [1.82, 2.24) is 4.98 Å². The summed E-state index contributed by atoms with van der Waals surface area (Å²) in [6.45, 7) is 1.85. The summed E-state index contributed by atoms with van der Waals surface area (Å²) in [5, 5.41) is 12.0. The van der Waals surface area contributed by atoms with Gasteiger partial charge in [0.05, 0.1) is 12.8 Å². The van der Waals surface area contributed by atoms with E-state index in [0.29, 0.717) is 5.82 Å². The van der Waals surface area contributed by atoms with Crippen molar-refractivity contribution >= 4 is 11.8 Å². The van der Waals surface area contributed by atoms with Crippen molar-refractivity contribution in [3.05, 3.63) is 41.5 Å². The number of anilines is 1. The minimum Gasteiger partial charge on any atom is -0.497 e. The predicted molar refractivity (Wildman–Crippen MR) is 77.5 cm³/mol. The van der Waals surface area contributed by atoms with Crippen LogP contribution in [0.4, 0.5) is 5.82 Å². The summed E-state index contributed by atoms with van der Waals surface area (Å²) < 4.78 is 5.12. The second kappa shape index (κ2) is 5.61. The highest BCUT2D eigenvalue weighted by atomic mass is 16.5. The van der Waals surface area contributed by atoms with Crippen LogP contribution in [-0.4, -0.2) is 30.2 Å². The van der Waals surface area contributed by atoms with E-state index in [4.69, 9.17) is 9.84 Å². The van der Waals surface area contributed by atoms with Crippen LogP contribution in [0.2, 0.25) is 0 Å². The van der Waals surface area contributed by atoms with Crippen molar-refractivity contribution in [3.63, 3.8) is 0 Å². The van der Waals surface area contributed by atoms with Crippen molar-refractivity contribution in [2.24, 2.45) is 0 Å². The van der Waals surface area contributed by atoms with E-state index >= 15 is 0 Å². The molecule has 0 aliphatic carbocycles. The smallest absolute Gasteiger partial charge is 0.339 e. The molecule has 0 saturated carbocycles. The molecule has 0 fully saturated rings. The van der Waals surface area contributed by atoms with Gasteiger partial charge in [-0.05, 0) is 42.8 Å². The first-order valence-corrected chi connectivity index (χ1v) is 6.14. The van der Waals surface area contributed by atoms with Crippen molar-refractivity contribution in [1.29, 1.82) is 0 Å². The van der Waals surface area contributed by atoms with E-state index in [1.165, 1.54) is 0 Å². The molecule has 0 spiro atoms. The molecule has 0 bridgehead atoms. The molecule has 104 valence electrons. The molecule has 0 unspecified atom stereocenters. The molecular formula is C15H16N2O3. The van der Waals surface area contributed by atoms with Gasteiger partial charge in [-0.1, -0.05) is 0 Å². The Balaban J connectivity index is 2.53. The number of ether oxygens (including phenoxy) is 1. The number of rotatable bonds is 4. The van der Waals surface area contributed by atoms with Crippen LogP contribution in [0.25, 0.3) is 11.3 Å². The van der Waals surface area contributed by atoms with Gasteiger partial charge in [0.2, 0.25) is 0 Å². The van der Waals surface area contributed by atoms with Gasteiger partial charge in [-0.15, -0.1) is 0 Å². The Morgan fingerprint density at radius 3 is 2.45 bits per heavy atom. The van der Waals surface area contributed by atoms with E-state index in [-0.39, 0.29) is 5.56 Å². The standard InChI is InChI=1S/C15H16N2O3/c1-9-8-12(15(18)19)14(16-2)17-13(9)10-4-6-11(20-3)7-5-10/h4-8H,1-3H3,(H,16,17)(H,18,19). The third-order valence-electron chi connectivity index (χ3n) is 3.04. The lowest BCUT2D eigenvalue weighted by Gasteiger charge is -2.11. The van der Waals surface area contributed by atoms with Crippen LogP contribution in [0.3, 0.4) is 0 Å². The first-order chi connectivity index (χ1) is 9.56. The van der Waals surface area contributed by atoms with E-state index in [1.807, 2.05) is 31.2 Å². The SMILES string of the molecule is CNc1nc(-c2ccc(OC)cc2)c(C)cc1C(=O)O. The molecule has 20 heavy (non-hydrogen) atoms. The van der Waals surface area contributed by atoms with Gasteiger partial charge in [-0.2, -0.15) is 0 Å². The molecule has 2 N–H and O–H groups in total. The minimum atomic E-state index is -0.994. The number of nitrogens with zero attached hydrogens (tertiary/aromatic N) is 1. The van der Waals surface area contributed by atoms with Crippen molar-refractivity contribution < 1.29 is 14.6 Å². The number of pyridine rings is 1. The van der Waals surface area contributed by atoms with Gasteiger partial charge < -0.3 is 15.2 Å². The highest BCUT2D eigenvalue weighted by Crippen LogP contribution is 2.27. The molecule has 0 saturated heterocycles. The summed E-state index contributed by atoms with van der Waals surface area (Å²) in [5.41, 5.74) is 2.65. The molecule has 1 aromatic carbocycles. The maximum atomic E-state index is 11.2. The summed E-state index contributed by atoms with van der Waals surface area (Å²) in [4.78, 5) is 15.6. The molecule has 2 rings (SSSR count). The van der Waals surface area contributed by atoms with Crippen molar-refractivity contribution in [2.45, 2.75) is 6.92 Å². The lowest BCUT2D eigenvalue weighted by Crippen LogP contribution is -2.07. The second-order valence-electron chi connectivity index (χ2n) is 4.33. The summed E-state index contributed by atoms with van der Waals surface area (Å²) in [5.74, 6) is 0.127. The van der Waals surface area contributed by atoms with E-state index < -0.39 is 5.97 Å². The Morgan fingerprint density at radius 1 is 1.30 bits per heavy atom. The van der Waals surface area contributed by atoms with Crippen LogP contribution in [0, 0.1) is 6.92 Å². The fraction of sp³-hybridized carbons (Fsp3) is 0.200. The molecule has 0 aliphatic heterocycles. The number of hydrogen-bond acceptors (Lipinski definition) is 4. The average Bonchev–Trinajstić information content (AvgIpc) is 2.47. The number of methoxy groups -OCH3 is 1. The highest BCUT2D eigenvalue weighted by Gasteiger charge is 2.15. The summed E-state index contributed by atoms with van der Waals surface area (Å²) in [6.07, 6.45) is 0. The van der Waals surface area contributed by atoms with E-state index in [9.17, 15) is 4.79 Å². The molecular weight excluding hydrogens is 256 g/mol. The molecule has 1 heterocycles. The number of carboxylic acid groups (broad SMARTS) is 1. The molecule has 0 aliphatic rings. The number of hydrogen-bond donors (Lipinski definition) is 2. The maximum absolute atomic E-state index is 11.2. The van der Waals surface area contributed by atoms with Crippen LogP contribution in [0.15, 0.2) is 30.3 Å². The van der Waals surface area contributed by atoms with E-state index in [1.54, 1.807) is 20.2 Å². The number of aromatic nitrogens is 1. The molecule has 0 radical (unpaired) electrons. The quantitative estimate of drug-likeness (QED) is 0.895.